The van der Waals surface area contributed by atoms with Crippen molar-refractivity contribution in [2.45, 2.75) is 20.3 Å². The van der Waals surface area contributed by atoms with E-state index in [0.717, 1.165) is 26.2 Å². The van der Waals surface area contributed by atoms with Gasteiger partial charge >= 0.3 is 0 Å². The Morgan fingerprint density at radius 2 is 2.08 bits per heavy atom. The Balaban J connectivity index is 3.40. The molecule has 0 saturated carbocycles. The summed E-state index contributed by atoms with van der Waals surface area (Å²) in [6, 6.07) is 0. The van der Waals surface area contributed by atoms with Gasteiger partial charge in [-0.15, -0.1) is 0 Å². The van der Waals surface area contributed by atoms with Crippen molar-refractivity contribution in [3.8, 4) is 0 Å². The summed E-state index contributed by atoms with van der Waals surface area (Å²) in [6.07, 6.45) is 1.21. The molecule has 1 N–H and O–H groups in total. The summed E-state index contributed by atoms with van der Waals surface area (Å²) in [5.41, 5.74) is 1.27. The fraction of sp³-hybridized carbons (Fsp3) is 0.800. The topological polar surface area (TPSA) is 15.3 Å². The molecule has 0 bridgehead atoms. The van der Waals surface area contributed by atoms with Gasteiger partial charge in [0, 0.05) is 13.1 Å². The Labute approximate surface area is 76.6 Å². The van der Waals surface area contributed by atoms with E-state index in [2.05, 4.69) is 37.7 Å². The summed E-state index contributed by atoms with van der Waals surface area (Å²) in [5, 5.41) is 3.27. The van der Waals surface area contributed by atoms with Crippen LogP contribution in [0.25, 0.3) is 0 Å². The summed E-state index contributed by atoms with van der Waals surface area (Å²) >= 11 is 0. The Bertz CT molecular complexity index is 121. The van der Waals surface area contributed by atoms with Gasteiger partial charge < -0.3 is 10.2 Å². The first-order valence-electron chi connectivity index (χ1n) is 4.76. The first-order chi connectivity index (χ1) is 5.70. The largest absolute Gasteiger partial charge is 0.313 e. The summed E-state index contributed by atoms with van der Waals surface area (Å²) in [4.78, 5) is 2.31. The lowest BCUT2D eigenvalue weighted by molar-refractivity contribution is 0.360. The highest BCUT2D eigenvalue weighted by atomic mass is 15.1. The van der Waals surface area contributed by atoms with Gasteiger partial charge in [-0.05, 0) is 32.1 Å². The number of hydrogen-bond acceptors (Lipinski definition) is 2. The van der Waals surface area contributed by atoms with E-state index in [-0.39, 0.29) is 0 Å². The van der Waals surface area contributed by atoms with E-state index < -0.39 is 0 Å². The predicted octanol–water partition coefficient (Wildman–Crippen LogP) is 1.49. The van der Waals surface area contributed by atoms with Crippen LogP contribution in [0.1, 0.15) is 20.3 Å². The van der Waals surface area contributed by atoms with E-state index in [9.17, 15) is 0 Å². The van der Waals surface area contributed by atoms with Crippen LogP contribution in [0, 0.1) is 0 Å². The molecule has 0 spiro atoms. The molecule has 0 fully saturated rings. The third kappa shape index (κ3) is 6.38. The SMILES string of the molecule is C=C(CNCC)CN(C)CCC. The van der Waals surface area contributed by atoms with E-state index in [1.807, 2.05) is 0 Å². The zero-order valence-electron chi connectivity index (χ0n) is 8.69. The molecule has 0 atom stereocenters. The molecule has 0 aromatic carbocycles. The molecule has 0 aliphatic heterocycles. The van der Waals surface area contributed by atoms with Crippen molar-refractivity contribution in [2.24, 2.45) is 0 Å². The molecular formula is C10H22N2. The molecule has 0 aliphatic rings. The maximum Gasteiger partial charge on any atom is 0.0199 e. The van der Waals surface area contributed by atoms with Crippen molar-refractivity contribution < 1.29 is 0 Å². The number of rotatable bonds is 7. The van der Waals surface area contributed by atoms with Crippen molar-refractivity contribution in [3.63, 3.8) is 0 Å². The van der Waals surface area contributed by atoms with Crippen molar-refractivity contribution in [3.05, 3.63) is 12.2 Å². The molecule has 0 heterocycles. The van der Waals surface area contributed by atoms with E-state index in [1.165, 1.54) is 12.0 Å². The predicted molar refractivity (Wildman–Crippen MR) is 55.5 cm³/mol. The van der Waals surface area contributed by atoms with Gasteiger partial charge in [-0.25, -0.2) is 0 Å². The van der Waals surface area contributed by atoms with Crippen LogP contribution in [0.3, 0.4) is 0 Å². The maximum absolute atomic E-state index is 4.01. The van der Waals surface area contributed by atoms with Crippen LogP contribution in [-0.4, -0.2) is 38.1 Å². The molecule has 2 heteroatoms. The van der Waals surface area contributed by atoms with Gasteiger partial charge in [0.15, 0.2) is 0 Å². The summed E-state index contributed by atoms with van der Waals surface area (Å²) in [7, 11) is 2.14. The second-order valence-corrected chi connectivity index (χ2v) is 3.27. The smallest absolute Gasteiger partial charge is 0.0199 e. The normalized spacial score (nSPS) is 10.7. The minimum Gasteiger partial charge on any atom is -0.313 e. The van der Waals surface area contributed by atoms with Crippen LogP contribution in [0.2, 0.25) is 0 Å². The van der Waals surface area contributed by atoms with E-state index in [0.29, 0.717) is 0 Å². The second-order valence-electron chi connectivity index (χ2n) is 3.27. The van der Waals surface area contributed by atoms with E-state index in [1.54, 1.807) is 0 Å². The van der Waals surface area contributed by atoms with Gasteiger partial charge in [-0.1, -0.05) is 20.4 Å². The maximum atomic E-state index is 4.01. The Kier molecular flexibility index (Phi) is 7.11. The fourth-order valence-corrected chi connectivity index (χ4v) is 1.20. The highest BCUT2D eigenvalue weighted by molar-refractivity contribution is 4.99. The van der Waals surface area contributed by atoms with Gasteiger partial charge in [0.25, 0.3) is 0 Å². The Hall–Kier alpha value is -0.340. The molecule has 0 rings (SSSR count). The van der Waals surface area contributed by atoms with Crippen LogP contribution in [0.15, 0.2) is 12.2 Å². The van der Waals surface area contributed by atoms with Crippen LogP contribution >= 0.6 is 0 Å². The quantitative estimate of drug-likeness (QED) is 0.582. The number of nitrogens with one attached hydrogen (secondary N) is 1. The second kappa shape index (κ2) is 7.32. The van der Waals surface area contributed by atoms with Crippen LogP contribution < -0.4 is 5.32 Å². The van der Waals surface area contributed by atoms with E-state index in [4.69, 9.17) is 0 Å². The third-order valence-electron chi connectivity index (χ3n) is 1.72. The van der Waals surface area contributed by atoms with Crippen molar-refractivity contribution in [1.29, 1.82) is 0 Å². The lowest BCUT2D eigenvalue weighted by Crippen LogP contribution is -2.26. The number of hydrogen-bond donors (Lipinski definition) is 1. The molecule has 0 aromatic heterocycles. The first kappa shape index (κ1) is 11.7. The zero-order valence-corrected chi connectivity index (χ0v) is 8.69. The molecule has 12 heavy (non-hydrogen) atoms. The molecule has 0 aromatic rings. The average Bonchev–Trinajstić information content (AvgIpc) is 2.01. The molecule has 0 unspecified atom stereocenters. The van der Waals surface area contributed by atoms with Crippen LogP contribution in [-0.2, 0) is 0 Å². The van der Waals surface area contributed by atoms with Crippen molar-refractivity contribution >= 4 is 0 Å². The third-order valence-corrected chi connectivity index (χ3v) is 1.72. The van der Waals surface area contributed by atoms with Gasteiger partial charge in [-0.2, -0.15) is 0 Å². The minimum absolute atomic E-state index is 0.949. The standard InChI is InChI=1S/C10H22N2/c1-5-7-12(4)9-10(3)8-11-6-2/h11H,3,5-9H2,1-2,4H3. The van der Waals surface area contributed by atoms with E-state index >= 15 is 0 Å². The molecular weight excluding hydrogens is 148 g/mol. The van der Waals surface area contributed by atoms with Gasteiger partial charge in [0.1, 0.15) is 0 Å². The molecule has 0 amide bonds. The molecule has 0 radical (unpaired) electrons. The van der Waals surface area contributed by atoms with Crippen molar-refractivity contribution in [1.82, 2.24) is 10.2 Å². The number of nitrogens with zero attached hydrogens (tertiary/aromatic N) is 1. The van der Waals surface area contributed by atoms with Gasteiger partial charge in [-0.3, -0.25) is 0 Å². The summed E-state index contributed by atoms with van der Waals surface area (Å²) in [6.45, 7) is 12.5. The van der Waals surface area contributed by atoms with Crippen LogP contribution in [0.4, 0.5) is 0 Å². The highest BCUT2D eigenvalue weighted by Crippen LogP contribution is 1.93. The molecule has 0 saturated heterocycles. The fourth-order valence-electron chi connectivity index (χ4n) is 1.20. The lowest BCUT2D eigenvalue weighted by Gasteiger charge is -2.17. The Morgan fingerprint density at radius 3 is 2.58 bits per heavy atom. The minimum atomic E-state index is 0.949. The first-order valence-corrected chi connectivity index (χ1v) is 4.76. The van der Waals surface area contributed by atoms with Gasteiger partial charge in [0.05, 0.1) is 0 Å². The average molecular weight is 170 g/mol. The van der Waals surface area contributed by atoms with Gasteiger partial charge in [0.2, 0.25) is 0 Å². The molecule has 72 valence electrons. The monoisotopic (exact) mass is 170 g/mol. The van der Waals surface area contributed by atoms with Crippen LogP contribution in [0.5, 0.6) is 0 Å². The number of likely N-dealkylation sites (N-methyl/N-ethyl adjacent to an activating group) is 2. The zero-order chi connectivity index (χ0) is 9.40. The molecule has 2 nitrogen and oxygen atoms in total. The lowest BCUT2D eigenvalue weighted by atomic mass is 10.2. The summed E-state index contributed by atoms with van der Waals surface area (Å²) < 4.78 is 0. The summed E-state index contributed by atoms with van der Waals surface area (Å²) in [5.74, 6) is 0. The Morgan fingerprint density at radius 1 is 1.42 bits per heavy atom. The molecule has 0 aliphatic carbocycles. The highest BCUT2D eigenvalue weighted by Gasteiger charge is 1.98. The van der Waals surface area contributed by atoms with Crippen molar-refractivity contribution in [2.75, 3.05) is 33.2 Å².